The number of halogens is 4. The van der Waals surface area contributed by atoms with Crippen LogP contribution in [0.2, 0.25) is 5.02 Å². The summed E-state index contributed by atoms with van der Waals surface area (Å²) >= 11 is 5.84. The monoisotopic (exact) mass is 473 g/mol. The second-order valence-electron chi connectivity index (χ2n) is 6.53. The Bertz CT molecular complexity index is 1100. The van der Waals surface area contributed by atoms with Gasteiger partial charge in [0.1, 0.15) is 11.5 Å². The Kier molecular flexibility index (Phi) is 7.41. The summed E-state index contributed by atoms with van der Waals surface area (Å²) in [4.78, 5) is 36.1. The van der Waals surface area contributed by atoms with Gasteiger partial charge in [0, 0.05) is 20.2 Å². The molecule has 0 aliphatic carbocycles. The van der Waals surface area contributed by atoms with Gasteiger partial charge in [-0.1, -0.05) is 16.8 Å². The van der Waals surface area contributed by atoms with Crippen LogP contribution in [-0.2, 0) is 11.0 Å². The number of carbonyl (C=O) groups excluding carboxylic acids is 2. The van der Waals surface area contributed by atoms with Crippen LogP contribution < -0.4 is 4.74 Å². The molecule has 0 aliphatic heterocycles. The Morgan fingerprint density at radius 1 is 1.22 bits per heavy atom. The van der Waals surface area contributed by atoms with E-state index >= 15 is 0 Å². The van der Waals surface area contributed by atoms with E-state index in [1.807, 2.05) is 0 Å². The number of benzene rings is 2. The molecule has 32 heavy (non-hydrogen) atoms. The highest BCUT2D eigenvalue weighted by Crippen LogP contribution is 2.37. The van der Waals surface area contributed by atoms with Crippen LogP contribution in [0.1, 0.15) is 22.3 Å². The quantitative estimate of drug-likeness (QED) is 0.207. The lowest BCUT2D eigenvalue weighted by Crippen LogP contribution is -2.31. The highest BCUT2D eigenvalue weighted by Gasteiger charge is 2.31. The maximum absolute atomic E-state index is 12.8. The van der Waals surface area contributed by atoms with E-state index in [9.17, 15) is 32.9 Å². The van der Waals surface area contributed by atoms with Gasteiger partial charge in [0.25, 0.3) is 11.6 Å². The molecule has 2 aromatic carbocycles. The average Bonchev–Trinajstić information content (AvgIpc) is 2.71. The lowest BCUT2D eigenvalue weighted by Gasteiger charge is -2.13. The predicted molar refractivity (Wildman–Crippen MR) is 106 cm³/mol. The standard InChI is InChI=1S/C19H15ClF3N3O6/c1-25(2)18(28)14(24-29)9-16(27)12-8-11(4-5-15(12)26(30)31)32-17-6-3-10(7-13(17)20)19(21,22)23/h3-8,29H,9H2,1-2H3. The number of hydrogen-bond donors (Lipinski definition) is 1. The Balaban J connectivity index is 2.39. The van der Waals surface area contributed by atoms with Crippen LogP contribution in [0.15, 0.2) is 41.6 Å². The van der Waals surface area contributed by atoms with Gasteiger partial charge in [0.15, 0.2) is 11.5 Å². The first-order valence-electron chi connectivity index (χ1n) is 8.64. The summed E-state index contributed by atoms with van der Waals surface area (Å²) in [5.41, 5.74) is -2.64. The number of ether oxygens (including phenoxy) is 1. The molecule has 0 radical (unpaired) electrons. The van der Waals surface area contributed by atoms with Crippen molar-refractivity contribution in [3.05, 3.63) is 62.7 Å². The predicted octanol–water partition coefficient (Wildman–Crippen LogP) is 4.55. The molecule has 0 spiro atoms. The van der Waals surface area contributed by atoms with E-state index < -0.39 is 51.7 Å². The third-order valence-electron chi connectivity index (χ3n) is 4.05. The maximum atomic E-state index is 12.8. The molecule has 0 heterocycles. The number of ketones is 1. The molecule has 0 aromatic heterocycles. The lowest BCUT2D eigenvalue weighted by atomic mass is 10.0. The molecule has 1 amide bonds. The number of Topliss-reactive ketones (excluding diaryl/α,β-unsaturated/α-hetero) is 1. The first-order chi connectivity index (χ1) is 14.8. The Morgan fingerprint density at radius 2 is 1.88 bits per heavy atom. The van der Waals surface area contributed by atoms with Gasteiger partial charge in [-0.25, -0.2) is 0 Å². The molecule has 2 aromatic rings. The number of carbonyl (C=O) groups is 2. The van der Waals surface area contributed by atoms with E-state index in [1.54, 1.807) is 0 Å². The van der Waals surface area contributed by atoms with Crippen molar-refractivity contribution in [3.8, 4) is 11.5 Å². The number of amides is 1. The Morgan fingerprint density at radius 3 is 2.38 bits per heavy atom. The molecule has 1 N–H and O–H groups in total. The van der Waals surface area contributed by atoms with E-state index in [1.165, 1.54) is 14.1 Å². The zero-order valence-corrected chi connectivity index (χ0v) is 17.3. The first kappa shape index (κ1) is 24.6. The zero-order valence-electron chi connectivity index (χ0n) is 16.5. The minimum absolute atomic E-state index is 0.137. The van der Waals surface area contributed by atoms with Gasteiger partial charge >= 0.3 is 6.18 Å². The van der Waals surface area contributed by atoms with Crippen molar-refractivity contribution in [1.82, 2.24) is 4.90 Å². The minimum Gasteiger partial charge on any atom is -0.456 e. The van der Waals surface area contributed by atoms with E-state index in [-0.39, 0.29) is 16.5 Å². The number of nitrogens with zero attached hydrogens (tertiary/aromatic N) is 3. The zero-order chi connectivity index (χ0) is 24.2. The summed E-state index contributed by atoms with van der Waals surface area (Å²) in [6.45, 7) is 0. The molecule has 0 unspecified atom stereocenters. The number of oxime groups is 1. The van der Waals surface area contributed by atoms with Crippen molar-refractivity contribution in [1.29, 1.82) is 0 Å². The van der Waals surface area contributed by atoms with Crippen LogP contribution in [-0.4, -0.2) is 46.5 Å². The topological polar surface area (TPSA) is 122 Å². The van der Waals surface area contributed by atoms with Gasteiger partial charge in [-0.15, -0.1) is 0 Å². The summed E-state index contributed by atoms with van der Waals surface area (Å²) in [6, 6.07) is 5.38. The maximum Gasteiger partial charge on any atom is 0.416 e. The fourth-order valence-corrected chi connectivity index (χ4v) is 2.73. The fourth-order valence-electron chi connectivity index (χ4n) is 2.51. The van der Waals surface area contributed by atoms with E-state index in [2.05, 4.69) is 5.16 Å². The molecule has 2 rings (SSSR count). The molecular weight excluding hydrogens is 459 g/mol. The molecule has 0 bridgehead atoms. The van der Waals surface area contributed by atoms with Gasteiger partial charge in [-0.05, 0) is 30.3 Å². The lowest BCUT2D eigenvalue weighted by molar-refractivity contribution is -0.385. The third-order valence-corrected chi connectivity index (χ3v) is 4.35. The SMILES string of the molecule is CN(C)C(=O)C(CC(=O)c1cc(Oc2ccc(C(F)(F)F)cc2Cl)ccc1[N+](=O)[O-])=NO. The highest BCUT2D eigenvalue weighted by atomic mass is 35.5. The molecule has 13 heteroatoms. The van der Waals surface area contributed by atoms with E-state index in [0.29, 0.717) is 6.07 Å². The van der Waals surface area contributed by atoms with Crippen molar-refractivity contribution in [2.24, 2.45) is 5.16 Å². The van der Waals surface area contributed by atoms with Gasteiger partial charge in [-0.2, -0.15) is 13.2 Å². The smallest absolute Gasteiger partial charge is 0.416 e. The molecule has 0 atom stereocenters. The number of rotatable bonds is 7. The van der Waals surface area contributed by atoms with Crippen molar-refractivity contribution >= 4 is 34.7 Å². The summed E-state index contributed by atoms with van der Waals surface area (Å²) in [6.07, 6.45) is -5.37. The minimum atomic E-state index is -4.62. The van der Waals surface area contributed by atoms with Gasteiger partial charge in [-0.3, -0.25) is 19.7 Å². The summed E-state index contributed by atoms with van der Waals surface area (Å²) in [7, 11) is 2.70. The van der Waals surface area contributed by atoms with Gasteiger partial charge in [0.2, 0.25) is 0 Å². The van der Waals surface area contributed by atoms with Crippen LogP contribution in [0.25, 0.3) is 0 Å². The summed E-state index contributed by atoms with van der Waals surface area (Å²) in [5.74, 6) is -2.04. The van der Waals surface area contributed by atoms with Crippen molar-refractivity contribution in [2.45, 2.75) is 12.6 Å². The number of hydrogen-bond acceptors (Lipinski definition) is 7. The number of nitro groups is 1. The van der Waals surface area contributed by atoms with Crippen LogP contribution >= 0.6 is 11.6 Å². The second-order valence-corrected chi connectivity index (χ2v) is 6.93. The fraction of sp³-hybridized carbons (Fsp3) is 0.211. The van der Waals surface area contributed by atoms with Crippen molar-refractivity contribution in [3.63, 3.8) is 0 Å². The average molecular weight is 474 g/mol. The molecule has 0 aliphatic rings. The molecular formula is C19H15ClF3N3O6. The van der Waals surface area contributed by atoms with Crippen molar-refractivity contribution in [2.75, 3.05) is 14.1 Å². The Labute approximate surface area is 183 Å². The molecule has 0 saturated heterocycles. The summed E-state index contributed by atoms with van der Waals surface area (Å²) in [5, 5.41) is 22.7. The third kappa shape index (κ3) is 5.72. The number of nitro benzene ring substituents is 1. The normalized spacial score (nSPS) is 11.8. The second kappa shape index (κ2) is 9.64. The Hall–Kier alpha value is -3.67. The van der Waals surface area contributed by atoms with E-state index in [0.717, 1.165) is 35.2 Å². The molecule has 0 saturated carbocycles. The first-order valence-corrected chi connectivity index (χ1v) is 9.01. The van der Waals surface area contributed by atoms with Crippen LogP contribution in [0, 0.1) is 10.1 Å². The molecule has 170 valence electrons. The van der Waals surface area contributed by atoms with Crippen LogP contribution in [0.5, 0.6) is 11.5 Å². The van der Waals surface area contributed by atoms with Crippen LogP contribution in [0.3, 0.4) is 0 Å². The van der Waals surface area contributed by atoms with Gasteiger partial charge in [0.05, 0.1) is 27.5 Å². The number of alkyl halides is 3. The van der Waals surface area contributed by atoms with Gasteiger partial charge < -0.3 is 14.8 Å². The van der Waals surface area contributed by atoms with E-state index in [4.69, 9.17) is 21.5 Å². The van der Waals surface area contributed by atoms with Crippen LogP contribution in [0.4, 0.5) is 18.9 Å². The van der Waals surface area contributed by atoms with Crippen molar-refractivity contribution < 1.29 is 37.6 Å². The molecule has 9 nitrogen and oxygen atoms in total. The largest absolute Gasteiger partial charge is 0.456 e. The summed E-state index contributed by atoms with van der Waals surface area (Å²) < 4.78 is 43.7. The highest BCUT2D eigenvalue weighted by molar-refractivity contribution is 6.42. The molecule has 0 fully saturated rings.